The van der Waals surface area contributed by atoms with E-state index in [1.807, 2.05) is 29.0 Å². The molecule has 0 aromatic carbocycles. The number of rotatable bonds is 2. The predicted octanol–water partition coefficient (Wildman–Crippen LogP) is 3.33. The summed E-state index contributed by atoms with van der Waals surface area (Å²) < 4.78 is 0. The Bertz CT molecular complexity index is 524. The van der Waals surface area contributed by atoms with Crippen molar-refractivity contribution in [1.82, 2.24) is 15.0 Å². The summed E-state index contributed by atoms with van der Waals surface area (Å²) in [5, 5.41) is 5.79. The lowest BCUT2D eigenvalue weighted by Gasteiger charge is -1.98. The number of nitrogens with zero attached hydrogens (tertiary/aromatic N) is 3. The smallest absolute Gasteiger partial charge is 0.141 e. The van der Waals surface area contributed by atoms with Gasteiger partial charge in [-0.2, -0.15) is 0 Å². The summed E-state index contributed by atoms with van der Waals surface area (Å²) in [5.74, 6) is 0. The van der Waals surface area contributed by atoms with Gasteiger partial charge in [0.15, 0.2) is 0 Å². The lowest BCUT2D eigenvalue weighted by Crippen LogP contribution is -1.86. The molecule has 3 aromatic rings. The lowest BCUT2D eigenvalue weighted by atomic mass is 10.3. The van der Waals surface area contributed by atoms with Crippen molar-refractivity contribution in [3.05, 3.63) is 41.4 Å². The fourth-order valence-corrected chi connectivity index (χ4v) is 2.59. The van der Waals surface area contributed by atoms with E-state index in [4.69, 9.17) is 0 Å². The average Bonchev–Trinajstić information content (AvgIpc) is 3.03. The first-order valence-electron chi connectivity index (χ1n) is 4.70. The Balaban J connectivity index is 2.07. The normalized spacial score (nSPS) is 10.5. The highest BCUT2D eigenvalue weighted by atomic mass is 32.1. The van der Waals surface area contributed by atoms with Crippen LogP contribution >= 0.6 is 22.7 Å². The van der Waals surface area contributed by atoms with Gasteiger partial charge in [0, 0.05) is 23.2 Å². The minimum Gasteiger partial charge on any atom is -0.243 e. The second-order valence-corrected chi connectivity index (χ2v) is 4.87. The Morgan fingerprint density at radius 1 is 0.812 bits per heavy atom. The maximum absolute atomic E-state index is 4.55. The number of pyridine rings is 1. The van der Waals surface area contributed by atoms with Gasteiger partial charge in [0.1, 0.15) is 10.0 Å². The van der Waals surface area contributed by atoms with Gasteiger partial charge in [-0.05, 0) is 12.1 Å². The van der Waals surface area contributed by atoms with E-state index in [2.05, 4.69) is 15.0 Å². The van der Waals surface area contributed by atoms with E-state index in [1.54, 1.807) is 35.1 Å². The first kappa shape index (κ1) is 9.62. The summed E-state index contributed by atoms with van der Waals surface area (Å²) in [6.07, 6.45) is 3.58. The summed E-state index contributed by atoms with van der Waals surface area (Å²) in [7, 11) is 0. The van der Waals surface area contributed by atoms with Crippen LogP contribution in [0.3, 0.4) is 0 Å². The second kappa shape index (κ2) is 4.11. The van der Waals surface area contributed by atoms with Crippen molar-refractivity contribution in [3.63, 3.8) is 0 Å². The molecule has 0 aliphatic carbocycles. The molecule has 0 bridgehead atoms. The van der Waals surface area contributed by atoms with Crippen molar-refractivity contribution in [2.45, 2.75) is 0 Å². The average molecular weight is 245 g/mol. The van der Waals surface area contributed by atoms with Crippen LogP contribution in [-0.4, -0.2) is 15.0 Å². The van der Waals surface area contributed by atoms with E-state index in [-0.39, 0.29) is 0 Å². The predicted molar refractivity (Wildman–Crippen MR) is 66.5 cm³/mol. The van der Waals surface area contributed by atoms with Crippen LogP contribution in [0.1, 0.15) is 0 Å². The molecule has 16 heavy (non-hydrogen) atoms. The van der Waals surface area contributed by atoms with E-state index in [1.165, 1.54) is 0 Å². The monoisotopic (exact) mass is 245 g/mol. The van der Waals surface area contributed by atoms with Gasteiger partial charge in [-0.15, -0.1) is 22.7 Å². The van der Waals surface area contributed by atoms with Crippen molar-refractivity contribution >= 4 is 22.7 Å². The maximum atomic E-state index is 4.55. The third kappa shape index (κ3) is 1.75. The number of hydrogen-bond acceptors (Lipinski definition) is 5. The van der Waals surface area contributed by atoms with Crippen molar-refractivity contribution in [1.29, 1.82) is 0 Å². The highest BCUT2D eigenvalue weighted by Gasteiger charge is 2.06. The zero-order valence-electron chi connectivity index (χ0n) is 8.20. The van der Waals surface area contributed by atoms with Crippen LogP contribution in [-0.2, 0) is 0 Å². The quantitative estimate of drug-likeness (QED) is 0.695. The van der Waals surface area contributed by atoms with Crippen LogP contribution in [0, 0.1) is 0 Å². The summed E-state index contributed by atoms with van der Waals surface area (Å²) in [5.41, 5.74) is 1.81. The van der Waals surface area contributed by atoms with E-state index < -0.39 is 0 Å². The minimum atomic E-state index is 0.905. The van der Waals surface area contributed by atoms with Crippen molar-refractivity contribution < 1.29 is 0 Å². The number of thiazole rings is 2. The SMILES string of the molecule is c1cc(-c2nccs2)nc(-c2nccs2)c1. The lowest BCUT2D eigenvalue weighted by molar-refractivity contribution is 1.27. The van der Waals surface area contributed by atoms with Gasteiger partial charge in [-0.3, -0.25) is 0 Å². The first-order chi connectivity index (χ1) is 7.93. The van der Waals surface area contributed by atoms with Crippen LogP contribution in [0.2, 0.25) is 0 Å². The Morgan fingerprint density at radius 2 is 1.38 bits per heavy atom. The molecule has 0 aliphatic rings. The number of aromatic nitrogens is 3. The topological polar surface area (TPSA) is 38.7 Å². The van der Waals surface area contributed by atoms with Gasteiger partial charge < -0.3 is 0 Å². The molecule has 5 heteroatoms. The molecule has 0 radical (unpaired) electrons. The van der Waals surface area contributed by atoms with E-state index in [9.17, 15) is 0 Å². The molecule has 0 N–H and O–H groups in total. The van der Waals surface area contributed by atoms with Gasteiger partial charge in [-0.1, -0.05) is 6.07 Å². The third-order valence-corrected chi connectivity index (χ3v) is 3.64. The molecule has 0 aliphatic heterocycles. The number of hydrogen-bond donors (Lipinski definition) is 0. The fraction of sp³-hybridized carbons (Fsp3) is 0. The Hall–Kier alpha value is -1.59. The molecule has 0 saturated heterocycles. The molecule has 0 saturated carbocycles. The van der Waals surface area contributed by atoms with Gasteiger partial charge in [0.05, 0.1) is 11.4 Å². The van der Waals surface area contributed by atoms with E-state index >= 15 is 0 Å². The zero-order valence-corrected chi connectivity index (χ0v) is 9.83. The second-order valence-electron chi connectivity index (χ2n) is 3.08. The van der Waals surface area contributed by atoms with Crippen LogP contribution in [0.25, 0.3) is 21.4 Å². The molecular weight excluding hydrogens is 238 g/mol. The van der Waals surface area contributed by atoms with E-state index in [0.29, 0.717) is 0 Å². The van der Waals surface area contributed by atoms with Crippen LogP contribution in [0.5, 0.6) is 0 Å². The first-order valence-corrected chi connectivity index (χ1v) is 6.46. The highest BCUT2D eigenvalue weighted by molar-refractivity contribution is 7.13. The van der Waals surface area contributed by atoms with Gasteiger partial charge >= 0.3 is 0 Å². The minimum absolute atomic E-state index is 0.905. The molecule has 0 unspecified atom stereocenters. The molecule has 0 spiro atoms. The third-order valence-electron chi connectivity index (χ3n) is 2.05. The van der Waals surface area contributed by atoms with Crippen molar-refractivity contribution in [2.24, 2.45) is 0 Å². The molecule has 3 heterocycles. The molecule has 0 atom stereocenters. The van der Waals surface area contributed by atoms with E-state index in [0.717, 1.165) is 21.4 Å². The van der Waals surface area contributed by atoms with Crippen LogP contribution < -0.4 is 0 Å². The highest BCUT2D eigenvalue weighted by Crippen LogP contribution is 2.24. The molecule has 3 aromatic heterocycles. The molecule has 0 fully saturated rings. The Morgan fingerprint density at radius 3 is 1.81 bits per heavy atom. The largest absolute Gasteiger partial charge is 0.243 e. The Labute approximate surface area is 100 Å². The van der Waals surface area contributed by atoms with Gasteiger partial charge in [0.25, 0.3) is 0 Å². The molecule has 0 amide bonds. The van der Waals surface area contributed by atoms with Crippen molar-refractivity contribution in [2.75, 3.05) is 0 Å². The summed E-state index contributed by atoms with van der Waals surface area (Å²) >= 11 is 3.18. The standard InChI is InChI=1S/C11H7N3S2/c1-2-8(10-12-4-6-15-10)14-9(3-1)11-13-5-7-16-11/h1-7H. The van der Waals surface area contributed by atoms with Gasteiger partial charge in [-0.25, -0.2) is 15.0 Å². The maximum Gasteiger partial charge on any atom is 0.141 e. The molecule has 3 nitrogen and oxygen atoms in total. The van der Waals surface area contributed by atoms with Crippen molar-refractivity contribution in [3.8, 4) is 21.4 Å². The van der Waals surface area contributed by atoms with Crippen LogP contribution in [0.4, 0.5) is 0 Å². The Kier molecular flexibility index (Phi) is 2.47. The molecule has 3 rings (SSSR count). The van der Waals surface area contributed by atoms with Crippen LogP contribution in [0.15, 0.2) is 41.4 Å². The summed E-state index contributed by atoms with van der Waals surface area (Å²) in [6, 6.07) is 5.92. The molecule has 78 valence electrons. The fourth-order valence-electron chi connectivity index (χ4n) is 1.37. The van der Waals surface area contributed by atoms with Gasteiger partial charge in [0.2, 0.25) is 0 Å². The summed E-state index contributed by atoms with van der Waals surface area (Å²) in [4.78, 5) is 13.0. The summed E-state index contributed by atoms with van der Waals surface area (Å²) in [6.45, 7) is 0. The zero-order chi connectivity index (χ0) is 10.8. The molecular formula is C11H7N3S2.